The van der Waals surface area contributed by atoms with Crippen molar-refractivity contribution in [2.75, 3.05) is 13.1 Å². The maximum absolute atomic E-state index is 12.7. The molecular weight excluding hydrogens is 384 g/mol. The highest BCUT2D eigenvalue weighted by molar-refractivity contribution is 7.10. The number of rotatable bonds is 7. The molecule has 156 valence electrons. The Bertz CT molecular complexity index is 794. The Labute approximate surface area is 177 Å². The van der Waals surface area contributed by atoms with Crippen molar-refractivity contribution in [3.63, 3.8) is 0 Å². The van der Waals surface area contributed by atoms with Crippen LogP contribution in [0.2, 0.25) is 0 Å². The summed E-state index contributed by atoms with van der Waals surface area (Å²) < 4.78 is 5.85. The van der Waals surface area contributed by atoms with Gasteiger partial charge in [-0.15, -0.1) is 11.3 Å². The van der Waals surface area contributed by atoms with E-state index in [0.717, 1.165) is 17.7 Å². The average Bonchev–Trinajstić information content (AvgIpc) is 3.21. The number of nitrogens with zero attached hydrogens (tertiary/aromatic N) is 1. The molecule has 2 heterocycles. The molecule has 1 atom stereocenters. The Hall–Kier alpha value is -2.34. The summed E-state index contributed by atoms with van der Waals surface area (Å²) in [6, 6.07) is 12.0. The maximum Gasteiger partial charge on any atom is 0.263 e. The highest BCUT2D eigenvalue weighted by Gasteiger charge is 2.27. The fourth-order valence-electron chi connectivity index (χ4n) is 3.54. The Morgan fingerprint density at radius 3 is 2.41 bits per heavy atom. The molecule has 0 bridgehead atoms. The lowest BCUT2D eigenvalue weighted by atomic mass is 10.0. The van der Waals surface area contributed by atoms with E-state index in [1.165, 1.54) is 5.56 Å². The second-order valence-electron chi connectivity index (χ2n) is 7.91. The summed E-state index contributed by atoms with van der Waals surface area (Å²) in [5.41, 5.74) is 1.25. The van der Waals surface area contributed by atoms with Gasteiger partial charge < -0.3 is 15.0 Å². The van der Waals surface area contributed by atoms with Crippen LogP contribution in [0, 0.1) is 0 Å². The van der Waals surface area contributed by atoms with Crippen molar-refractivity contribution in [2.24, 2.45) is 0 Å². The fraction of sp³-hybridized carbons (Fsp3) is 0.478. The van der Waals surface area contributed by atoms with E-state index in [9.17, 15) is 9.59 Å². The van der Waals surface area contributed by atoms with Crippen molar-refractivity contribution in [1.29, 1.82) is 0 Å². The van der Waals surface area contributed by atoms with Gasteiger partial charge in [0.1, 0.15) is 5.75 Å². The van der Waals surface area contributed by atoms with Gasteiger partial charge in [0.25, 0.3) is 5.91 Å². The predicted octanol–water partition coefficient (Wildman–Crippen LogP) is 3.99. The molecule has 2 amide bonds. The van der Waals surface area contributed by atoms with Gasteiger partial charge in [-0.2, -0.15) is 0 Å². The maximum atomic E-state index is 12.7. The van der Waals surface area contributed by atoms with Crippen LogP contribution in [-0.4, -0.2) is 41.9 Å². The first-order valence-corrected chi connectivity index (χ1v) is 11.2. The van der Waals surface area contributed by atoms with E-state index in [2.05, 4.69) is 19.2 Å². The molecule has 0 spiro atoms. The number of carbonyl (C=O) groups is 2. The third-order valence-electron chi connectivity index (χ3n) is 5.29. The van der Waals surface area contributed by atoms with E-state index < -0.39 is 6.10 Å². The first kappa shape index (κ1) is 21.4. The average molecular weight is 415 g/mol. The van der Waals surface area contributed by atoms with Crippen LogP contribution < -0.4 is 10.1 Å². The van der Waals surface area contributed by atoms with Crippen molar-refractivity contribution in [2.45, 2.75) is 58.1 Å². The summed E-state index contributed by atoms with van der Waals surface area (Å²) in [7, 11) is 0. The molecule has 0 saturated carbocycles. The van der Waals surface area contributed by atoms with E-state index >= 15 is 0 Å². The van der Waals surface area contributed by atoms with Gasteiger partial charge in [-0.3, -0.25) is 9.59 Å². The topological polar surface area (TPSA) is 58.6 Å². The molecule has 1 saturated heterocycles. The monoisotopic (exact) mass is 414 g/mol. The van der Waals surface area contributed by atoms with Gasteiger partial charge in [0.15, 0.2) is 6.10 Å². The minimum absolute atomic E-state index is 0.00120. The number of thiophene rings is 1. The Balaban J connectivity index is 1.43. The Morgan fingerprint density at radius 1 is 1.14 bits per heavy atom. The van der Waals surface area contributed by atoms with Gasteiger partial charge in [0, 0.05) is 24.0 Å². The number of likely N-dealkylation sites (tertiary alicyclic amines) is 1. The van der Waals surface area contributed by atoms with Gasteiger partial charge >= 0.3 is 0 Å². The van der Waals surface area contributed by atoms with Crippen LogP contribution in [0.4, 0.5) is 0 Å². The molecule has 1 unspecified atom stereocenters. The van der Waals surface area contributed by atoms with Gasteiger partial charge in [0.2, 0.25) is 5.91 Å². The summed E-state index contributed by atoms with van der Waals surface area (Å²) in [5, 5.41) is 5.08. The zero-order valence-corrected chi connectivity index (χ0v) is 18.2. The summed E-state index contributed by atoms with van der Waals surface area (Å²) in [6.45, 7) is 7.38. The molecule has 1 aromatic carbocycles. The lowest BCUT2D eigenvalue weighted by molar-refractivity contribution is -0.139. The lowest BCUT2D eigenvalue weighted by Crippen LogP contribution is -2.49. The molecule has 1 aliphatic heterocycles. The first-order valence-electron chi connectivity index (χ1n) is 10.3. The van der Waals surface area contributed by atoms with Crippen LogP contribution in [0.5, 0.6) is 5.75 Å². The highest BCUT2D eigenvalue weighted by atomic mass is 32.1. The van der Waals surface area contributed by atoms with Crippen molar-refractivity contribution in [1.82, 2.24) is 10.2 Å². The summed E-state index contributed by atoms with van der Waals surface area (Å²) in [4.78, 5) is 27.8. The smallest absolute Gasteiger partial charge is 0.263 e. The fourth-order valence-corrected chi connectivity index (χ4v) is 4.24. The lowest BCUT2D eigenvalue weighted by Gasteiger charge is -2.33. The van der Waals surface area contributed by atoms with Crippen molar-refractivity contribution >= 4 is 23.2 Å². The van der Waals surface area contributed by atoms with E-state index in [0.29, 0.717) is 31.2 Å². The van der Waals surface area contributed by atoms with Crippen molar-refractivity contribution in [3.05, 3.63) is 52.2 Å². The molecule has 6 heteroatoms. The molecule has 1 aliphatic rings. The molecule has 0 radical (unpaired) electrons. The largest absolute Gasteiger partial charge is 0.481 e. The highest BCUT2D eigenvalue weighted by Crippen LogP contribution is 2.20. The first-order chi connectivity index (χ1) is 13.9. The van der Waals surface area contributed by atoms with Crippen LogP contribution in [0.1, 0.15) is 50.0 Å². The second kappa shape index (κ2) is 9.92. The minimum Gasteiger partial charge on any atom is -0.481 e. The van der Waals surface area contributed by atoms with E-state index in [-0.39, 0.29) is 17.9 Å². The third-order valence-corrected chi connectivity index (χ3v) is 6.17. The second-order valence-corrected chi connectivity index (χ2v) is 8.94. The summed E-state index contributed by atoms with van der Waals surface area (Å²) in [5.74, 6) is 1.24. The normalized spacial score (nSPS) is 15.9. The molecule has 1 N–H and O–H groups in total. The van der Waals surface area contributed by atoms with Crippen molar-refractivity contribution in [3.8, 4) is 5.75 Å². The van der Waals surface area contributed by atoms with E-state index in [1.54, 1.807) is 18.3 Å². The number of ether oxygens (including phenoxy) is 1. The number of benzene rings is 1. The number of hydrogen-bond acceptors (Lipinski definition) is 4. The van der Waals surface area contributed by atoms with Crippen LogP contribution in [-0.2, 0) is 16.0 Å². The van der Waals surface area contributed by atoms with Crippen LogP contribution >= 0.6 is 11.3 Å². The van der Waals surface area contributed by atoms with E-state index in [1.807, 2.05) is 46.7 Å². The van der Waals surface area contributed by atoms with Gasteiger partial charge in [-0.25, -0.2) is 0 Å². The minimum atomic E-state index is -0.523. The van der Waals surface area contributed by atoms with Gasteiger partial charge in [-0.05, 0) is 54.8 Å². The standard InChI is InChI=1S/C23H30N2O3S/c1-16(2)18-6-8-20(9-7-18)28-17(3)23(27)25-12-10-19(11-13-25)24-22(26)15-21-5-4-14-29-21/h4-9,14,16-17,19H,10-13,15H2,1-3H3,(H,24,26). The number of amides is 2. The van der Waals surface area contributed by atoms with Crippen molar-refractivity contribution < 1.29 is 14.3 Å². The number of hydrogen-bond donors (Lipinski definition) is 1. The SMILES string of the molecule is CC(Oc1ccc(C(C)C)cc1)C(=O)N1CCC(NC(=O)Cc2cccs2)CC1. The Morgan fingerprint density at radius 2 is 1.83 bits per heavy atom. The molecule has 2 aromatic rings. The Kier molecular flexibility index (Phi) is 7.31. The zero-order valence-electron chi connectivity index (χ0n) is 17.4. The number of piperidine rings is 1. The summed E-state index contributed by atoms with van der Waals surface area (Å²) in [6.07, 6.45) is 1.46. The predicted molar refractivity (Wildman–Crippen MR) is 116 cm³/mol. The third kappa shape index (κ3) is 6.07. The molecule has 0 aliphatic carbocycles. The van der Waals surface area contributed by atoms with Crippen LogP contribution in [0.25, 0.3) is 0 Å². The van der Waals surface area contributed by atoms with Crippen LogP contribution in [0.15, 0.2) is 41.8 Å². The van der Waals surface area contributed by atoms with E-state index in [4.69, 9.17) is 4.74 Å². The number of nitrogens with one attached hydrogen (secondary N) is 1. The zero-order chi connectivity index (χ0) is 20.8. The number of carbonyl (C=O) groups excluding carboxylic acids is 2. The molecule has 1 aromatic heterocycles. The molecule has 1 fully saturated rings. The molecule has 29 heavy (non-hydrogen) atoms. The van der Waals surface area contributed by atoms with Gasteiger partial charge in [0.05, 0.1) is 6.42 Å². The quantitative estimate of drug-likeness (QED) is 0.745. The van der Waals surface area contributed by atoms with Crippen LogP contribution in [0.3, 0.4) is 0 Å². The molecular formula is C23H30N2O3S. The summed E-state index contributed by atoms with van der Waals surface area (Å²) >= 11 is 1.60. The molecule has 3 rings (SSSR count). The molecule has 5 nitrogen and oxygen atoms in total. The van der Waals surface area contributed by atoms with Gasteiger partial charge in [-0.1, -0.05) is 32.0 Å².